The normalized spacial score (nSPS) is 26.7. The zero-order chi connectivity index (χ0) is 11.9. The summed E-state index contributed by atoms with van der Waals surface area (Å²) in [6, 6.07) is 0.385. The van der Waals surface area contributed by atoms with Gasteiger partial charge in [0, 0.05) is 12.6 Å². The van der Waals surface area contributed by atoms with Gasteiger partial charge < -0.3 is 15.4 Å². The van der Waals surface area contributed by atoms with Crippen LogP contribution in [-0.4, -0.2) is 37.7 Å². The number of nitrogens with one attached hydrogen (secondary N) is 2. The van der Waals surface area contributed by atoms with Crippen LogP contribution in [0.4, 0.5) is 0 Å². The Morgan fingerprint density at radius 3 is 2.59 bits per heavy atom. The van der Waals surface area contributed by atoms with Crippen LogP contribution in [0.1, 0.15) is 44.9 Å². The molecule has 2 rings (SSSR count). The van der Waals surface area contributed by atoms with Crippen molar-refractivity contribution in [1.82, 2.24) is 10.6 Å². The predicted octanol–water partition coefficient (Wildman–Crippen LogP) is 1.20. The van der Waals surface area contributed by atoms with E-state index < -0.39 is 0 Å². The fourth-order valence-electron chi connectivity index (χ4n) is 2.66. The molecule has 0 radical (unpaired) electrons. The van der Waals surface area contributed by atoms with E-state index in [1.54, 1.807) is 0 Å². The number of hydrogen-bond donors (Lipinski definition) is 2. The van der Waals surface area contributed by atoms with Crippen molar-refractivity contribution >= 4 is 5.91 Å². The molecule has 1 aliphatic carbocycles. The van der Waals surface area contributed by atoms with Gasteiger partial charge in [-0.05, 0) is 25.8 Å². The van der Waals surface area contributed by atoms with Gasteiger partial charge in [-0.25, -0.2) is 0 Å². The highest BCUT2D eigenvalue weighted by molar-refractivity contribution is 5.77. The Morgan fingerprint density at radius 1 is 1.18 bits per heavy atom. The van der Waals surface area contributed by atoms with Gasteiger partial charge in [-0.3, -0.25) is 4.79 Å². The van der Waals surface area contributed by atoms with Gasteiger partial charge in [0.15, 0.2) is 0 Å². The molecule has 1 atom stereocenters. The molecule has 0 spiro atoms. The van der Waals surface area contributed by atoms with Crippen LogP contribution in [0.25, 0.3) is 0 Å². The largest absolute Gasteiger partial charge is 0.367 e. The minimum Gasteiger partial charge on any atom is -0.367 e. The molecule has 0 bridgehead atoms. The summed E-state index contributed by atoms with van der Waals surface area (Å²) in [6.45, 7) is 2.12. The lowest BCUT2D eigenvalue weighted by Gasteiger charge is -2.17. The maximum atomic E-state index is 11.7. The Hall–Kier alpha value is -0.610. The Balaban J connectivity index is 1.61. The molecule has 1 saturated carbocycles. The molecular weight excluding hydrogens is 216 g/mol. The van der Waals surface area contributed by atoms with E-state index >= 15 is 0 Å². The van der Waals surface area contributed by atoms with E-state index in [2.05, 4.69) is 10.6 Å². The van der Waals surface area contributed by atoms with E-state index in [4.69, 9.17) is 4.74 Å². The zero-order valence-electron chi connectivity index (χ0n) is 10.5. The first kappa shape index (κ1) is 12.8. The van der Waals surface area contributed by atoms with Crippen molar-refractivity contribution in [3.63, 3.8) is 0 Å². The summed E-state index contributed by atoms with van der Waals surface area (Å²) in [6.07, 6.45) is 8.66. The lowest BCUT2D eigenvalue weighted by molar-refractivity contribution is -0.128. The third kappa shape index (κ3) is 4.64. The summed E-state index contributed by atoms with van der Waals surface area (Å²) in [5, 5.41) is 6.33. The van der Waals surface area contributed by atoms with Crippen molar-refractivity contribution in [2.24, 2.45) is 0 Å². The molecular formula is C13H24N2O2. The average Bonchev–Trinajstić information content (AvgIpc) is 2.72. The molecule has 1 unspecified atom stereocenters. The first-order valence-electron chi connectivity index (χ1n) is 6.96. The SMILES string of the molecule is O=C(COC1CCNC1)NC1CCCCCC1. The highest BCUT2D eigenvalue weighted by Gasteiger charge is 2.18. The Kier molecular flexibility index (Phi) is 5.26. The minimum absolute atomic E-state index is 0.0591. The number of amides is 1. The predicted molar refractivity (Wildman–Crippen MR) is 66.9 cm³/mol. The average molecular weight is 240 g/mol. The van der Waals surface area contributed by atoms with Crippen molar-refractivity contribution in [1.29, 1.82) is 0 Å². The summed E-state index contributed by atoms with van der Waals surface area (Å²) in [5.74, 6) is 0.0591. The van der Waals surface area contributed by atoms with Crippen LogP contribution in [-0.2, 0) is 9.53 Å². The van der Waals surface area contributed by atoms with Crippen LogP contribution in [0, 0.1) is 0 Å². The molecule has 4 nitrogen and oxygen atoms in total. The molecule has 1 amide bonds. The van der Waals surface area contributed by atoms with Gasteiger partial charge in [0.25, 0.3) is 0 Å². The van der Waals surface area contributed by atoms with Gasteiger partial charge in [0.05, 0.1) is 6.10 Å². The smallest absolute Gasteiger partial charge is 0.246 e. The van der Waals surface area contributed by atoms with Gasteiger partial charge in [0.2, 0.25) is 5.91 Å². The van der Waals surface area contributed by atoms with Crippen LogP contribution in [0.15, 0.2) is 0 Å². The summed E-state index contributed by atoms with van der Waals surface area (Å²) in [5.41, 5.74) is 0. The highest BCUT2D eigenvalue weighted by Crippen LogP contribution is 2.17. The number of carbonyl (C=O) groups excluding carboxylic acids is 1. The van der Waals surface area contributed by atoms with Gasteiger partial charge in [0.1, 0.15) is 6.61 Å². The topological polar surface area (TPSA) is 50.4 Å². The van der Waals surface area contributed by atoms with Crippen LogP contribution in [0.2, 0.25) is 0 Å². The number of rotatable bonds is 4. The van der Waals surface area contributed by atoms with E-state index in [-0.39, 0.29) is 18.6 Å². The van der Waals surface area contributed by atoms with E-state index in [1.165, 1.54) is 25.7 Å². The van der Waals surface area contributed by atoms with E-state index in [9.17, 15) is 4.79 Å². The number of ether oxygens (including phenoxy) is 1. The van der Waals surface area contributed by atoms with Gasteiger partial charge in [-0.2, -0.15) is 0 Å². The van der Waals surface area contributed by atoms with Crippen molar-refractivity contribution < 1.29 is 9.53 Å². The molecule has 0 aromatic carbocycles. The van der Waals surface area contributed by atoms with E-state index in [0.29, 0.717) is 6.04 Å². The van der Waals surface area contributed by atoms with E-state index in [1.807, 2.05) is 0 Å². The third-order valence-electron chi connectivity index (χ3n) is 3.69. The number of carbonyl (C=O) groups is 1. The maximum absolute atomic E-state index is 11.7. The van der Waals surface area contributed by atoms with Gasteiger partial charge >= 0.3 is 0 Å². The monoisotopic (exact) mass is 240 g/mol. The summed E-state index contributed by atoms with van der Waals surface area (Å²) in [7, 11) is 0. The molecule has 1 saturated heterocycles. The fourth-order valence-corrected chi connectivity index (χ4v) is 2.66. The Labute approximate surface area is 103 Å². The van der Waals surface area contributed by atoms with Crippen molar-refractivity contribution in [3.8, 4) is 0 Å². The molecule has 98 valence electrons. The van der Waals surface area contributed by atoms with Gasteiger partial charge in [-0.15, -0.1) is 0 Å². The molecule has 2 N–H and O–H groups in total. The molecule has 2 fully saturated rings. The quantitative estimate of drug-likeness (QED) is 0.726. The van der Waals surface area contributed by atoms with Crippen molar-refractivity contribution in [3.05, 3.63) is 0 Å². The molecule has 4 heteroatoms. The standard InChI is InChI=1S/C13H24N2O2/c16-13(10-17-12-7-8-14-9-12)15-11-5-3-1-2-4-6-11/h11-12,14H,1-10H2,(H,15,16). The van der Waals surface area contributed by atoms with Gasteiger partial charge in [-0.1, -0.05) is 25.7 Å². The second-order valence-electron chi connectivity index (χ2n) is 5.18. The second-order valence-corrected chi connectivity index (χ2v) is 5.18. The Bertz CT molecular complexity index is 232. The molecule has 1 aliphatic heterocycles. The van der Waals surface area contributed by atoms with Crippen LogP contribution >= 0.6 is 0 Å². The van der Waals surface area contributed by atoms with Crippen LogP contribution < -0.4 is 10.6 Å². The zero-order valence-corrected chi connectivity index (χ0v) is 10.5. The highest BCUT2D eigenvalue weighted by atomic mass is 16.5. The van der Waals surface area contributed by atoms with Crippen molar-refractivity contribution in [2.75, 3.05) is 19.7 Å². The minimum atomic E-state index is 0.0591. The molecule has 17 heavy (non-hydrogen) atoms. The molecule has 2 aliphatic rings. The molecule has 0 aromatic heterocycles. The maximum Gasteiger partial charge on any atom is 0.246 e. The van der Waals surface area contributed by atoms with Crippen LogP contribution in [0.3, 0.4) is 0 Å². The molecule has 0 aromatic rings. The third-order valence-corrected chi connectivity index (χ3v) is 3.69. The molecule has 1 heterocycles. The first-order chi connectivity index (χ1) is 8.34. The lowest BCUT2D eigenvalue weighted by atomic mass is 10.1. The number of hydrogen-bond acceptors (Lipinski definition) is 3. The second kappa shape index (κ2) is 6.97. The fraction of sp³-hybridized carbons (Fsp3) is 0.923. The van der Waals surface area contributed by atoms with Crippen molar-refractivity contribution in [2.45, 2.75) is 57.1 Å². The summed E-state index contributed by atoms with van der Waals surface area (Å²) < 4.78 is 5.56. The van der Waals surface area contributed by atoms with Crippen LogP contribution in [0.5, 0.6) is 0 Å². The Morgan fingerprint density at radius 2 is 1.94 bits per heavy atom. The lowest BCUT2D eigenvalue weighted by Crippen LogP contribution is -2.37. The first-order valence-corrected chi connectivity index (χ1v) is 6.96. The summed E-state index contributed by atoms with van der Waals surface area (Å²) >= 11 is 0. The van der Waals surface area contributed by atoms with E-state index in [0.717, 1.165) is 32.4 Å². The summed E-state index contributed by atoms with van der Waals surface area (Å²) in [4.78, 5) is 11.7.